The molecule has 1 atom stereocenters. The number of aliphatic hydroxyl groups excluding tert-OH is 1. The lowest BCUT2D eigenvalue weighted by molar-refractivity contribution is 0.194. The van der Waals surface area contributed by atoms with Crippen LogP contribution in [0.2, 0.25) is 0 Å². The Morgan fingerprint density at radius 1 is 1.25 bits per heavy atom. The third-order valence-corrected chi connectivity index (χ3v) is 4.31. The van der Waals surface area contributed by atoms with E-state index in [2.05, 4.69) is 40.7 Å². The molecule has 0 aliphatic rings. The van der Waals surface area contributed by atoms with Gasteiger partial charge in [-0.15, -0.1) is 0 Å². The van der Waals surface area contributed by atoms with Crippen molar-refractivity contribution in [1.29, 1.82) is 5.26 Å². The van der Waals surface area contributed by atoms with Crippen LogP contribution < -0.4 is 0 Å². The standard InChI is InChI=1S/C19H20N4O/c1-12-8-18(16-6-4-15(10-20)5-7-16)13(2)23(12)11-17-9-19(14(3)24)22-21-17/h4-9,14,24H,11H2,1-3H3,(H,21,22). The van der Waals surface area contributed by atoms with Crippen molar-refractivity contribution < 1.29 is 5.11 Å². The second-order valence-corrected chi connectivity index (χ2v) is 6.05. The summed E-state index contributed by atoms with van der Waals surface area (Å²) in [5, 5.41) is 25.6. The van der Waals surface area contributed by atoms with Crippen LogP contribution in [0.3, 0.4) is 0 Å². The number of rotatable bonds is 4. The molecule has 2 N–H and O–H groups in total. The Hall–Kier alpha value is -2.84. The van der Waals surface area contributed by atoms with Crippen LogP contribution in [-0.4, -0.2) is 19.9 Å². The zero-order valence-corrected chi connectivity index (χ0v) is 14.0. The van der Waals surface area contributed by atoms with Gasteiger partial charge in [0.2, 0.25) is 0 Å². The van der Waals surface area contributed by atoms with Gasteiger partial charge in [0.05, 0.1) is 35.7 Å². The molecule has 122 valence electrons. The van der Waals surface area contributed by atoms with Gasteiger partial charge >= 0.3 is 0 Å². The molecule has 0 amide bonds. The number of nitriles is 1. The molecule has 0 bridgehead atoms. The van der Waals surface area contributed by atoms with Gasteiger partial charge in [0.15, 0.2) is 0 Å². The van der Waals surface area contributed by atoms with Crippen LogP contribution in [0.1, 0.15) is 41.4 Å². The predicted octanol–water partition coefficient (Wildman–Crippen LogP) is 3.47. The van der Waals surface area contributed by atoms with Crippen molar-refractivity contribution in [2.75, 3.05) is 0 Å². The fraction of sp³-hybridized carbons (Fsp3) is 0.263. The highest BCUT2D eigenvalue weighted by atomic mass is 16.3. The molecule has 1 aromatic carbocycles. The van der Waals surface area contributed by atoms with Gasteiger partial charge in [0, 0.05) is 17.0 Å². The largest absolute Gasteiger partial charge is 0.387 e. The van der Waals surface area contributed by atoms with Crippen LogP contribution >= 0.6 is 0 Å². The lowest BCUT2D eigenvalue weighted by Gasteiger charge is -2.08. The number of aromatic nitrogens is 3. The van der Waals surface area contributed by atoms with Crippen LogP contribution in [0.25, 0.3) is 11.1 Å². The fourth-order valence-electron chi connectivity index (χ4n) is 2.91. The molecule has 0 aliphatic heterocycles. The third kappa shape index (κ3) is 2.97. The summed E-state index contributed by atoms with van der Waals surface area (Å²) in [7, 11) is 0. The summed E-state index contributed by atoms with van der Waals surface area (Å²) < 4.78 is 2.22. The van der Waals surface area contributed by atoms with E-state index >= 15 is 0 Å². The van der Waals surface area contributed by atoms with Gasteiger partial charge in [-0.3, -0.25) is 5.10 Å². The molecule has 1 unspecified atom stereocenters. The molecule has 0 spiro atoms. The summed E-state index contributed by atoms with van der Waals surface area (Å²) in [5.41, 5.74) is 6.84. The Morgan fingerprint density at radius 3 is 2.54 bits per heavy atom. The van der Waals surface area contributed by atoms with Crippen molar-refractivity contribution in [3.63, 3.8) is 0 Å². The van der Waals surface area contributed by atoms with Crippen LogP contribution in [0.5, 0.6) is 0 Å². The summed E-state index contributed by atoms with van der Waals surface area (Å²) in [6.07, 6.45) is -0.573. The van der Waals surface area contributed by atoms with Crippen molar-refractivity contribution in [3.05, 3.63) is 64.7 Å². The minimum absolute atomic E-state index is 0.573. The first-order valence-electron chi connectivity index (χ1n) is 7.89. The normalized spacial score (nSPS) is 12.1. The monoisotopic (exact) mass is 320 g/mol. The minimum atomic E-state index is -0.573. The van der Waals surface area contributed by atoms with Crippen molar-refractivity contribution in [3.8, 4) is 17.2 Å². The lowest BCUT2D eigenvalue weighted by atomic mass is 10.0. The molecule has 0 saturated carbocycles. The second kappa shape index (κ2) is 6.34. The van der Waals surface area contributed by atoms with Crippen LogP contribution in [0, 0.1) is 25.2 Å². The maximum atomic E-state index is 9.60. The topological polar surface area (TPSA) is 77.6 Å². The second-order valence-electron chi connectivity index (χ2n) is 6.05. The van der Waals surface area contributed by atoms with Crippen molar-refractivity contribution in [2.24, 2.45) is 0 Å². The number of H-pyrrole nitrogens is 1. The quantitative estimate of drug-likeness (QED) is 0.772. The number of hydrogen-bond donors (Lipinski definition) is 2. The lowest BCUT2D eigenvalue weighted by Crippen LogP contribution is -2.04. The number of benzene rings is 1. The molecule has 0 fully saturated rings. The van der Waals surface area contributed by atoms with E-state index < -0.39 is 6.10 Å². The van der Waals surface area contributed by atoms with E-state index in [0.29, 0.717) is 17.8 Å². The SMILES string of the molecule is Cc1cc(-c2ccc(C#N)cc2)c(C)n1Cc1cc(C(C)O)n[nH]1. The summed E-state index contributed by atoms with van der Waals surface area (Å²) >= 11 is 0. The molecular weight excluding hydrogens is 300 g/mol. The Labute approximate surface area is 141 Å². The summed E-state index contributed by atoms with van der Waals surface area (Å²) in [6.45, 7) is 6.54. The predicted molar refractivity (Wildman–Crippen MR) is 92.4 cm³/mol. The number of nitrogens with zero attached hydrogens (tertiary/aromatic N) is 3. The van der Waals surface area contributed by atoms with Gasteiger partial charge in [-0.05, 0) is 50.6 Å². The zero-order valence-electron chi connectivity index (χ0n) is 14.0. The van der Waals surface area contributed by atoms with Crippen molar-refractivity contribution in [1.82, 2.24) is 14.8 Å². The minimum Gasteiger partial charge on any atom is -0.387 e. The van der Waals surface area contributed by atoms with Gasteiger partial charge in [-0.25, -0.2) is 0 Å². The molecule has 0 saturated heterocycles. The Morgan fingerprint density at radius 2 is 1.96 bits per heavy atom. The highest BCUT2D eigenvalue weighted by molar-refractivity contribution is 5.68. The highest BCUT2D eigenvalue weighted by Gasteiger charge is 2.13. The van der Waals surface area contributed by atoms with E-state index in [0.717, 1.165) is 28.2 Å². The van der Waals surface area contributed by atoms with Crippen molar-refractivity contribution >= 4 is 0 Å². The molecule has 2 aromatic heterocycles. The molecule has 0 radical (unpaired) electrons. The third-order valence-electron chi connectivity index (χ3n) is 4.31. The molecule has 5 nitrogen and oxygen atoms in total. The molecule has 0 aliphatic carbocycles. The maximum Gasteiger partial charge on any atom is 0.0991 e. The average Bonchev–Trinajstić information content (AvgIpc) is 3.15. The van der Waals surface area contributed by atoms with Crippen LogP contribution in [-0.2, 0) is 6.54 Å². The first-order valence-corrected chi connectivity index (χ1v) is 7.89. The first kappa shape index (κ1) is 16.0. The Bertz CT molecular complexity index is 895. The fourth-order valence-corrected chi connectivity index (χ4v) is 2.91. The molecule has 3 aromatic rings. The van der Waals surface area contributed by atoms with E-state index in [1.807, 2.05) is 30.3 Å². The molecule has 2 heterocycles. The smallest absolute Gasteiger partial charge is 0.0991 e. The Balaban J connectivity index is 1.92. The highest BCUT2D eigenvalue weighted by Crippen LogP contribution is 2.28. The molecule has 5 heteroatoms. The maximum absolute atomic E-state index is 9.60. The average molecular weight is 320 g/mol. The Kier molecular flexibility index (Phi) is 4.24. The number of hydrogen-bond acceptors (Lipinski definition) is 3. The van der Waals surface area contributed by atoms with Gasteiger partial charge in [-0.2, -0.15) is 10.4 Å². The molecular formula is C19H20N4O. The van der Waals surface area contributed by atoms with Crippen LogP contribution in [0.15, 0.2) is 36.4 Å². The van der Waals surface area contributed by atoms with E-state index in [4.69, 9.17) is 5.26 Å². The van der Waals surface area contributed by atoms with E-state index in [-0.39, 0.29) is 0 Å². The van der Waals surface area contributed by atoms with E-state index in [9.17, 15) is 5.11 Å². The van der Waals surface area contributed by atoms with Gasteiger partial charge < -0.3 is 9.67 Å². The summed E-state index contributed by atoms with van der Waals surface area (Å²) in [5.74, 6) is 0. The van der Waals surface area contributed by atoms with Gasteiger partial charge in [0.1, 0.15) is 0 Å². The summed E-state index contributed by atoms with van der Waals surface area (Å²) in [4.78, 5) is 0. The number of nitrogens with one attached hydrogen (secondary N) is 1. The van der Waals surface area contributed by atoms with E-state index in [1.165, 1.54) is 0 Å². The number of aryl methyl sites for hydroxylation is 1. The first-order chi connectivity index (χ1) is 11.5. The van der Waals surface area contributed by atoms with Crippen LogP contribution in [0.4, 0.5) is 0 Å². The van der Waals surface area contributed by atoms with E-state index in [1.54, 1.807) is 6.92 Å². The summed E-state index contributed by atoms with van der Waals surface area (Å²) in [6, 6.07) is 13.8. The zero-order chi connectivity index (χ0) is 17.3. The molecule has 24 heavy (non-hydrogen) atoms. The number of aromatic amines is 1. The van der Waals surface area contributed by atoms with Gasteiger partial charge in [-0.1, -0.05) is 12.1 Å². The molecule has 3 rings (SSSR count). The number of aliphatic hydroxyl groups is 1. The van der Waals surface area contributed by atoms with Gasteiger partial charge in [0.25, 0.3) is 0 Å². The van der Waals surface area contributed by atoms with Crippen molar-refractivity contribution in [2.45, 2.75) is 33.4 Å².